The van der Waals surface area contributed by atoms with E-state index in [4.69, 9.17) is 15.2 Å². The van der Waals surface area contributed by atoms with Crippen molar-refractivity contribution in [1.29, 1.82) is 0 Å². The number of anilines is 1. The van der Waals surface area contributed by atoms with Crippen LogP contribution in [0.15, 0.2) is 24.3 Å². The molecule has 0 aliphatic heterocycles. The number of unbranched alkanes of at least 4 members (excludes halogenated alkanes) is 2. The highest BCUT2D eigenvalue weighted by atomic mass is 16.6. The highest BCUT2D eigenvalue weighted by Crippen LogP contribution is 2.22. The lowest BCUT2D eigenvalue weighted by molar-refractivity contribution is -0.153. The summed E-state index contributed by atoms with van der Waals surface area (Å²) in [5.74, 6) is -1.78. The van der Waals surface area contributed by atoms with Gasteiger partial charge in [0.15, 0.2) is 0 Å². The lowest BCUT2D eigenvalue weighted by Crippen LogP contribution is -2.54. The maximum atomic E-state index is 13.4. The third-order valence-corrected chi connectivity index (χ3v) is 7.87. The van der Waals surface area contributed by atoms with Gasteiger partial charge in [0.1, 0.15) is 25.3 Å². The molecule has 0 aliphatic rings. The molecule has 2 atom stereocenters. The quantitative estimate of drug-likeness (QED) is 0.0931. The molecule has 0 heterocycles. The number of benzene rings is 1. The standard InChI is InChI=1S/C37H62N6O8/c1-25(2)30(42-29(44)15-11-10-12-20-36(3,4)5)32(46)41-28(14-13-21-39-34(38)48)31(45)40-27-18-16-26(17-19-27)24-51-35(49)43(9)22-23-50-33(47)37(6,7)8/h16-19,25,28,30H,10-15,20-24H2,1-9H3,(H,40,45)(H,41,46)(H,42,44)(H3,38,39,48)/t28-,30?/m0/s1. The van der Waals surface area contributed by atoms with Gasteiger partial charge in [-0.2, -0.15) is 0 Å². The van der Waals surface area contributed by atoms with Crippen LogP contribution in [0.5, 0.6) is 0 Å². The fourth-order valence-electron chi connectivity index (χ4n) is 4.70. The lowest BCUT2D eigenvalue weighted by Gasteiger charge is -2.25. The smallest absolute Gasteiger partial charge is 0.409 e. The number of rotatable bonds is 20. The largest absolute Gasteiger partial charge is 0.463 e. The maximum Gasteiger partial charge on any atom is 0.409 e. The van der Waals surface area contributed by atoms with Gasteiger partial charge in [-0.3, -0.25) is 19.2 Å². The Labute approximate surface area is 303 Å². The van der Waals surface area contributed by atoms with Crippen LogP contribution in [0, 0.1) is 16.7 Å². The van der Waals surface area contributed by atoms with Gasteiger partial charge in [0.2, 0.25) is 17.7 Å². The van der Waals surface area contributed by atoms with E-state index in [-0.39, 0.29) is 55.9 Å². The van der Waals surface area contributed by atoms with Crippen LogP contribution in [-0.4, -0.2) is 79.5 Å². The molecule has 1 aromatic carbocycles. The summed E-state index contributed by atoms with van der Waals surface area (Å²) in [5, 5.41) is 10.9. The zero-order chi connectivity index (χ0) is 38.8. The Morgan fingerprint density at radius 3 is 2.06 bits per heavy atom. The van der Waals surface area contributed by atoms with Gasteiger partial charge in [0.25, 0.3) is 0 Å². The second-order valence-electron chi connectivity index (χ2n) is 15.5. The Bertz CT molecular complexity index is 1290. The summed E-state index contributed by atoms with van der Waals surface area (Å²) in [5.41, 5.74) is 5.89. The molecule has 1 rings (SSSR count). The minimum Gasteiger partial charge on any atom is -0.463 e. The summed E-state index contributed by atoms with van der Waals surface area (Å²) in [7, 11) is 1.54. The number of nitrogens with one attached hydrogen (secondary N) is 4. The van der Waals surface area contributed by atoms with Crippen LogP contribution >= 0.6 is 0 Å². The average Bonchev–Trinajstić information content (AvgIpc) is 3.02. The molecule has 288 valence electrons. The van der Waals surface area contributed by atoms with Crippen LogP contribution in [-0.2, 0) is 35.3 Å². The first-order chi connectivity index (χ1) is 23.7. The molecule has 6 N–H and O–H groups in total. The van der Waals surface area contributed by atoms with Crippen molar-refractivity contribution >= 4 is 41.5 Å². The maximum absolute atomic E-state index is 13.4. The van der Waals surface area contributed by atoms with E-state index in [2.05, 4.69) is 42.0 Å². The van der Waals surface area contributed by atoms with Crippen LogP contribution < -0.4 is 27.0 Å². The fourth-order valence-corrected chi connectivity index (χ4v) is 4.70. The van der Waals surface area contributed by atoms with E-state index < -0.39 is 41.4 Å². The number of amides is 6. The van der Waals surface area contributed by atoms with Crippen LogP contribution in [0.3, 0.4) is 0 Å². The number of urea groups is 1. The van der Waals surface area contributed by atoms with E-state index in [1.165, 1.54) is 4.90 Å². The number of carbonyl (C=O) groups excluding carboxylic acids is 6. The van der Waals surface area contributed by atoms with Crippen LogP contribution in [0.25, 0.3) is 0 Å². The molecule has 0 aliphatic carbocycles. The number of ether oxygens (including phenoxy) is 2. The van der Waals surface area contributed by atoms with Crippen LogP contribution in [0.2, 0.25) is 0 Å². The van der Waals surface area contributed by atoms with Crippen molar-refractivity contribution in [2.45, 2.75) is 119 Å². The third-order valence-electron chi connectivity index (χ3n) is 7.87. The fraction of sp³-hybridized carbons (Fsp3) is 0.676. The van der Waals surface area contributed by atoms with Crippen molar-refractivity contribution in [1.82, 2.24) is 20.9 Å². The second kappa shape index (κ2) is 21.8. The van der Waals surface area contributed by atoms with E-state index in [0.29, 0.717) is 24.1 Å². The SMILES string of the molecule is CC(C)C(NC(=O)CCCCCC(C)(C)C)C(=O)N[C@@H](CCCNC(N)=O)C(=O)Nc1ccc(COC(=O)N(C)CCOC(=O)C(C)(C)C)cc1. The molecule has 0 spiro atoms. The van der Waals surface area contributed by atoms with E-state index in [0.717, 1.165) is 25.7 Å². The van der Waals surface area contributed by atoms with E-state index in [1.54, 1.807) is 52.1 Å². The Hall–Kier alpha value is -4.36. The highest BCUT2D eigenvalue weighted by molar-refractivity contribution is 5.98. The molecule has 0 saturated heterocycles. The van der Waals surface area contributed by atoms with Crippen molar-refractivity contribution in [3.63, 3.8) is 0 Å². The number of nitrogens with two attached hydrogens (primary N) is 1. The average molecular weight is 719 g/mol. The van der Waals surface area contributed by atoms with Crippen molar-refractivity contribution in [2.24, 2.45) is 22.5 Å². The van der Waals surface area contributed by atoms with Gasteiger partial charge in [-0.25, -0.2) is 9.59 Å². The minimum atomic E-state index is -0.971. The summed E-state index contributed by atoms with van der Waals surface area (Å²) < 4.78 is 10.5. The highest BCUT2D eigenvalue weighted by Gasteiger charge is 2.29. The topological polar surface area (TPSA) is 198 Å². The minimum absolute atomic E-state index is 0.0239. The summed E-state index contributed by atoms with van der Waals surface area (Å²) in [6.45, 7) is 15.8. The zero-order valence-electron chi connectivity index (χ0n) is 32.1. The van der Waals surface area contributed by atoms with Gasteiger partial charge in [0, 0.05) is 25.7 Å². The predicted molar refractivity (Wildman–Crippen MR) is 196 cm³/mol. The van der Waals surface area contributed by atoms with E-state index in [1.807, 2.05) is 13.8 Å². The normalized spacial score (nSPS) is 12.7. The molecule has 0 saturated carbocycles. The Kier molecular flexibility index (Phi) is 19.1. The molecule has 6 amide bonds. The van der Waals surface area contributed by atoms with E-state index >= 15 is 0 Å². The summed E-state index contributed by atoms with van der Waals surface area (Å²) in [6, 6.07) is 4.15. The number of likely N-dealkylation sites (N-methyl/N-ethyl adjacent to an activating group) is 1. The number of nitrogens with zero attached hydrogens (tertiary/aromatic N) is 1. The number of primary amides is 1. The molecule has 51 heavy (non-hydrogen) atoms. The Morgan fingerprint density at radius 2 is 1.49 bits per heavy atom. The molecule has 0 fully saturated rings. The third kappa shape index (κ3) is 19.6. The lowest BCUT2D eigenvalue weighted by atomic mass is 9.89. The van der Waals surface area contributed by atoms with Crippen LogP contribution in [0.4, 0.5) is 15.3 Å². The molecule has 0 bridgehead atoms. The van der Waals surface area contributed by atoms with Gasteiger partial charge in [-0.1, -0.05) is 59.6 Å². The van der Waals surface area contributed by atoms with Gasteiger partial charge in [-0.05, 0) is 75.5 Å². The number of carbonyl (C=O) groups is 6. The van der Waals surface area contributed by atoms with E-state index in [9.17, 15) is 28.8 Å². The molecular formula is C37H62N6O8. The monoisotopic (exact) mass is 718 g/mol. The van der Waals surface area contributed by atoms with Gasteiger partial charge < -0.3 is 41.4 Å². The van der Waals surface area contributed by atoms with Crippen molar-refractivity contribution in [3.05, 3.63) is 29.8 Å². The summed E-state index contributed by atoms with van der Waals surface area (Å²) >= 11 is 0. The second-order valence-corrected chi connectivity index (χ2v) is 15.5. The first kappa shape index (κ1) is 44.7. The first-order valence-electron chi connectivity index (χ1n) is 17.8. The summed E-state index contributed by atoms with van der Waals surface area (Å²) in [4.78, 5) is 76.2. The molecule has 1 aromatic rings. The van der Waals surface area contributed by atoms with Crippen molar-refractivity contribution in [2.75, 3.05) is 32.1 Å². The predicted octanol–water partition coefficient (Wildman–Crippen LogP) is 4.85. The summed E-state index contributed by atoms with van der Waals surface area (Å²) in [6.07, 6.45) is 4.02. The molecular weight excluding hydrogens is 656 g/mol. The number of esters is 1. The molecule has 0 aromatic heterocycles. The van der Waals surface area contributed by atoms with Crippen molar-refractivity contribution < 1.29 is 38.2 Å². The molecule has 14 heteroatoms. The molecule has 0 radical (unpaired) electrons. The van der Waals surface area contributed by atoms with Gasteiger partial charge in [0.05, 0.1) is 12.0 Å². The van der Waals surface area contributed by atoms with Gasteiger partial charge >= 0.3 is 18.1 Å². The van der Waals surface area contributed by atoms with Crippen molar-refractivity contribution in [3.8, 4) is 0 Å². The first-order valence-corrected chi connectivity index (χ1v) is 17.8. The van der Waals surface area contributed by atoms with Crippen LogP contribution in [0.1, 0.15) is 106 Å². The zero-order valence-corrected chi connectivity index (χ0v) is 32.1. The Morgan fingerprint density at radius 1 is 0.843 bits per heavy atom. The number of hydrogen-bond donors (Lipinski definition) is 5. The Balaban J connectivity index is 2.79. The number of hydrogen-bond acceptors (Lipinski definition) is 8. The molecule has 1 unspecified atom stereocenters. The van der Waals surface area contributed by atoms with Gasteiger partial charge in [-0.15, -0.1) is 0 Å². The molecule has 14 nitrogen and oxygen atoms in total.